The number of hydrogen-bond donors (Lipinski definition) is 0. The van der Waals surface area contributed by atoms with Crippen molar-refractivity contribution in [2.45, 2.75) is 25.4 Å². The lowest BCUT2D eigenvalue weighted by Crippen LogP contribution is -2.12. The average molecular weight is 553 g/mol. The zero-order valence-electron chi connectivity index (χ0n) is 20.2. The van der Waals surface area contributed by atoms with Gasteiger partial charge < -0.3 is 0 Å². The number of benzene rings is 2. The number of nitrogens with zero attached hydrogens (tertiary/aromatic N) is 5. The smallest absolute Gasteiger partial charge is 0.294 e. The second-order valence-corrected chi connectivity index (χ2v) is 8.83. The minimum atomic E-state index is -4.95. The normalized spacial score (nSPS) is 12.4. The Bertz CT molecular complexity index is 1700. The third kappa shape index (κ3) is 5.17. The second-order valence-electron chi connectivity index (χ2n) is 8.83. The van der Waals surface area contributed by atoms with Crippen LogP contribution in [0.2, 0.25) is 0 Å². The van der Waals surface area contributed by atoms with Crippen molar-refractivity contribution in [2.75, 3.05) is 0 Å². The fraction of sp³-hybridized carbons (Fsp3) is 0.148. The van der Waals surface area contributed by atoms with Gasteiger partial charge in [0.15, 0.2) is 5.78 Å². The lowest BCUT2D eigenvalue weighted by atomic mass is 9.95. The maximum Gasteiger partial charge on any atom is 0.416 e. The summed E-state index contributed by atoms with van der Waals surface area (Å²) in [6.07, 6.45) is -1.09. The van der Waals surface area contributed by atoms with Crippen LogP contribution in [-0.2, 0) is 25.4 Å². The number of halogens is 5. The molecule has 0 saturated carbocycles. The van der Waals surface area contributed by atoms with Crippen molar-refractivity contribution >= 4 is 23.4 Å². The van der Waals surface area contributed by atoms with Crippen LogP contribution in [0.25, 0.3) is 11.3 Å². The Balaban J connectivity index is 1.49. The first-order valence-corrected chi connectivity index (χ1v) is 11.7. The molecule has 0 atom stereocenters. The minimum absolute atomic E-state index is 0.264. The zero-order chi connectivity index (χ0) is 28.6. The van der Waals surface area contributed by atoms with Gasteiger partial charge in [-0.1, -0.05) is 6.07 Å². The summed E-state index contributed by atoms with van der Waals surface area (Å²) in [5, 5.41) is 11.1. The van der Waals surface area contributed by atoms with Gasteiger partial charge in [0.25, 0.3) is 5.69 Å². The second kappa shape index (κ2) is 10.3. The summed E-state index contributed by atoms with van der Waals surface area (Å²) in [5.74, 6) is -3.03. The molecule has 13 heteroatoms. The number of ketones is 1. The Labute approximate surface area is 222 Å². The molecule has 4 aromatic rings. The number of aromatic nitrogens is 3. The maximum absolute atomic E-state index is 15.6. The maximum atomic E-state index is 15.6. The van der Waals surface area contributed by atoms with E-state index in [1.165, 1.54) is 12.5 Å². The molecule has 40 heavy (non-hydrogen) atoms. The zero-order valence-corrected chi connectivity index (χ0v) is 20.2. The molecule has 0 N–H and O–H groups in total. The van der Waals surface area contributed by atoms with Gasteiger partial charge in [-0.25, -0.2) is 18.7 Å². The largest absolute Gasteiger partial charge is 0.416 e. The third-order valence-corrected chi connectivity index (χ3v) is 6.29. The molecule has 0 unspecified atom stereocenters. The molecular weight excluding hydrogens is 537 g/mol. The summed E-state index contributed by atoms with van der Waals surface area (Å²) in [6.45, 7) is 0. The molecular formula is C27H16F5N5O3. The summed E-state index contributed by atoms with van der Waals surface area (Å²) in [7, 11) is 0. The molecule has 2 aromatic carbocycles. The van der Waals surface area contributed by atoms with E-state index in [1.807, 2.05) is 0 Å². The van der Waals surface area contributed by atoms with Crippen molar-refractivity contribution in [1.29, 1.82) is 0 Å². The quantitative estimate of drug-likeness (QED) is 0.120. The first-order valence-electron chi connectivity index (χ1n) is 11.7. The highest BCUT2D eigenvalue weighted by atomic mass is 19.4. The van der Waals surface area contributed by atoms with Gasteiger partial charge in [0.2, 0.25) is 0 Å². The number of carbonyl (C=O) groups is 1. The van der Waals surface area contributed by atoms with E-state index in [2.05, 4.69) is 19.9 Å². The number of nitro groups is 1. The molecule has 5 rings (SSSR count). The molecule has 8 nitrogen and oxygen atoms in total. The monoisotopic (exact) mass is 553 g/mol. The molecule has 0 fully saturated rings. The number of nitro benzene ring substituents is 1. The molecule has 202 valence electrons. The van der Waals surface area contributed by atoms with Gasteiger partial charge in [0.05, 0.1) is 21.9 Å². The van der Waals surface area contributed by atoms with E-state index in [4.69, 9.17) is 0 Å². The first-order chi connectivity index (χ1) is 19.0. The molecule has 0 saturated heterocycles. The van der Waals surface area contributed by atoms with E-state index in [-0.39, 0.29) is 17.7 Å². The highest BCUT2D eigenvalue weighted by molar-refractivity contribution is 5.98. The van der Waals surface area contributed by atoms with Crippen LogP contribution in [0.3, 0.4) is 0 Å². The van der Waals surface area contributed by atoms with Gasteiger partial charge in [0, 0.05) is 60.5 Å². The van der Waals surface area contributed by atoms with Crippen molar-refractivity contribution in [3.8, 4) is 11.3 Å². The van der Waals surface area contributed by atoms with E-state index in [1.54, 1.807) is 18.3 Å². The predicted molar refractivity (Wildman–Crippen MR) is 132 cm³/mol. The summed E-state index contributed by atoms with van der Waals surface area (Å²) < 4.78 is 70.1. The van der Waals surface area contributed by atoms with E-state index in [0.29, 0.717) is 47.3 Å². The molecule has 1 aliphatic heterocycles. The average Bonchev–Trinajstić information content (AvgIpc) is 3.41. The first kappa shape index (κ1) is 26.7. The van der Waals surface area contributed by atoms with Gasteiger partial charge in [-0.2, -0.15) is 13.2 Å². The van der Waals surface area contributed by atoms with Crippen LogP contribution in [0, 0.1) is 21.7 Å². The van der Waals surface area contributed by atoms with E-state index < -0.39 is 57.3 Å². The molecule has 1 aliphatic rings. The van der Waals surface area contributed by atoms with Crippen LogP contribution in [0.4, 0.5) is 33.3 Å². The van der Waals surface area contributed by atoms with Crippen LogP contribution < -0.4 is 0 Å². The van der Waals surface area contributed by atoms with E-state index in [9.17, 15) is 32.5 Å². The topological polar surface area (TPSA) is 111 Å². The number of fused-ring (bicyclic) bond motifs is 1. The minimum Gasteiger partial charge on any atom is -0.294 e. The summed E-state index contributed by atoms with van der Waals surface area (Å²) in [4.78, 5) is 39.9. The van der Waals surface area contributed by atoms with Crippen LogP contribution in [0.5, 0.6) is 0 Å². The number of carbonyl (C=O) groups excluding carboxylic acids is 1. The van der Waals surface area contributed by atoms with Gasteiger partial charge in [-0.3, -0.25) is 24.9 Å². The number of hydrogen-bond acceptors (Lipinski definition) is 7. The van der Waals surface area contributed by atoms with Gasteiger partial charge in [0.1, 0.15) is 29.3 Å². The van der Waals surface area contributed by atoms with Crippen molar-refractivity contribution < 1.29 is 31.7 Å². The molecule has 2 aromatic heterocycles. The van der Waals surface area contributed by atoms with Gasteiger partial charge in [-0.15, -0.1) is 0 Å². The van der Waals surface area contributed by atoms with Crippen LogP contribution in [0.1, 0.15) is 38.4 Å². The Morgan fingerprint density at radius 2 is 1.85 bits per heavy atom. The van der Waals surface area contributed by atoms with Crippen molar-refractivity contribution in [3.63, 3.8) is 0 Å². The van der Waals surface area contributed by atoms with Gasteiger partial charge >= 0.3 is 6.18 Å². The SMILES string of the molecule is O=C(Cc1ccc(F)c(Cc2ncccc2-c2ncnc3c2N=CC3)c1F)c1cc([N+](=O)[O-])cc(C(F)(F)F)c1. The fourth-order valence-electron chi connectivity index (χ4n) is 4.34. The number of Topliss-reactive ketones (excluding diaryl/α,β-unsaturated/α-hetero) is 1. The van der Waals surface area contributed by atoms with Crippen molar-refractivity contribution in [3.05, 3.63) is 110 Å². The highest BCUT2D eigenvalue weighted by Crippen LogP contribution is 2.36. The lowest BCUT2D eigenvalue weighted by molar-refractivity contribution is -0.385. The van der Waals surface area contributed by atoms with Crippen LogP contribution in [-0.4, -0.2) is 31.9 Å². The van der Waals surface area contributed by atoms with Gasteiger partial charge in [-0.05, 0) is 29.8 Å². The Morgan fingerprint density at radius 3 is 2.60 bits per heavy atom. The fourth-order valence-corrected chi connectivity index (χ4v) is 4.34. The molecule has 0 radical (unpaired) electrons. The van der Waals surface area contributed by atoms with Crippen molar-refractivity contribution in [2.24, 2.45) is 4.99 Å². The Hall–Kier alpha value is -4.94. The summed E-state index contributed by atoms with van der Waals surface area (Å²) in [5.41, 5.74) is -1.31. The van der Waals surface area contributed by atoms with Crippen molar-refractivity contribution in [1.82, 2.24) is 15.0 Å². The summed E-state index contributed by atoms with van der Waals surface area (Å²) in [6, 6.07) is 6.67. The van der Waals surface area contributed by atoms with Crippen LogP contribution in [0.15, 0.2) is 60.0 Å². The lowest BCUT2D eigenvalue weighted by Gasteiger charge is -2.13. The number of aliphatic imine (C=N–C) groups is 1. The van der Waals surface area contributed by atoms with Crippen LogP contribution >= 0.6 is 0 Å². The molecule has 0 aliphatic carbocycles. The van der Waals surface area contributed by atoms with E-state index in [0.717, 1.165) is 12.1 Å². The molecule has 0 bridgehead atoms. The summed E-state index contributed by atoms with van der Waals surface area (Å²) >= 11 is 0. The Morgan fingerprint density at radius 1 is 1.05 bits per heavy atom. The number of rotatable bonds is 7. The predicted octanol–water partition coefficient (Wildman–Crippen LogP) is 6.02. The molecule has 3 heterocycles. The standard InChI is InChI=1S/C27H16F5N5O3/c28-20-4-3-14(10-23(38)15-8-16(27(30,31)32)11-17(9-15)37(39)40)24(29)19(20)12-22-18(2-1-6-33-22)25-26-21(5-7-34-26)35-13-36-25/h1-4,6-9,11,13H,5,10,12H2. The third-order valence-electron chi connectivity index (χ3n) is 6.29. The number of alkyl halides is 3. The molecule has 0 amide bonds. The van der Waals surface area contributed by atoms with E-state index >= 15 is 4.39 Å². The number of pyridine rings is 1. The molecule has 0 spiro atoms. The highest BCUT2D eigenvalue weighted by Gasteiger charge is 2.33. The number of non-ortho nitro benzene ring substituents is 1. The Kier molecular flexibility index (Phi) is 6.88.